The van der Waals surface area contributed by atoms with Gasteiger partial charge in [-0.1, -0.05) is 35.9 Å². The van der Waals surface area contributed by atoms with Gasteiger partial charge in [-0.05, 0) is 50.5 Å². The maximum absolute atomic E-state index is 10.8. The molecule has 2 aromatic carbocycles. The minimum absolute atomic E-state index is 0.593. The number of aliphatic hydroxyl groups is 1. The molecule has 2 heteroatoms. The topological polar surface area (TPSA) is 29.5 Å². The average Bonchev–Trinajstić information content (AvgIpc) is 2.38. The van der Waals surface area contributed by atoms with Crippen LogP contribution in [0.3, 0.4) is 0 Å². The van der Waals surface area contributed by atoms with E-state index in [1.54, 1.807) is 0 Å². The molecule has 1 unspecified atom stereocenters. The summed E-state index contributed by atoms with van der Waals surface area (Å²) in [5.41, 5.74) is 5.24. The Hall–Kier alpha value is -1.80. The first-order valence-electron chi connectivity index (χ1n) is 7.02. The van der Waals surface area contributed by atoms with Crippen molar-refractivity contribution < 1.29 is 9.84 Å². The van der Waals surface area contributed by atoms with Crippen LogP contribution in [0.4, 0.5) is 0 Å². The van der Waals surface area contributed by atoms with E-state index in [1.165, 1.54) is 5.56 Å². The summed E-state index contributed by atoms with van der Waals surface area (Å²) >= 11 is 0. The summed E-state index contributed by atoms with van der Waals surface area (Å²) < 4.78 is 5.62. The summed E-state index contributed by atoms with van der Waals surface area (Å²) in [6, 6.07) is 11.9. The number of benzene rings is 2. The lowest BCUT2D eigenvalue weighted by atomic mass is 9.91. The fraction of sp³-hybridized carbons (Fsp3) is 0.333. The van der Waals surface area contributed by atoms with Crippen molar-refractivity contribution in [2.45, 2.75) is 33.8 Å². The van der Waals surface area contributed by atoms with Gasteiger partial charge in [-0.2, -0.15) is 0 Å². The summed E-state index contributed by atoms with van der Waals surface area (Å²) in [7, 11) is 0. The Bertz CT molecular complexity index is 579. The smallest absolute Gasteiger partial charge is 0.125 e. The maximum atomic E-state index is 10.8. The van der Waals surface area contributed by atoms with Gasteiger partial charge in [-0.25, -0.2) is 0 Å². The molecule has 0 saturated carbocycles. The lowest BCUT2D eigenvalue weighted by Crippen LogP contribution is -2.07. The Balaban J connectivity index is 2.49. The SMILES string of the molecule is CCOc1ccccc1C(O)c1c(C)cc(C)cc1C. The zero-order chi connectivity index (χ0) is 14.7. The number of hydrogen-bond acceptors (Lipinski definition) is 2. The standard InChI is InChI=1S/C18H22O2/c1-5-20-16-9-7-6-8-15(16)18(19)17-13(3)10-12(2)11-14(17)4/h6-11,18-19H,5H2,1-4H3. The molecule has 0 fully saturated rings. The Labute approximate surface area is 121 Å². The van der Waals surface area contributed by atoms with Crippen LogP contribution in [-0.2, 0) is 0 Å². The Morgan fingerprint density at radius 1 is 1.05 bits per heavy atom. The average molecular weight is 270 g/mol. The summed E-state index contributed by atoms with van der Waals surface area (Å²) in [6.45, 7) is 8.70. The van der Waals surface area contributed by atoms with E-state index in [0.29, 0.717) is 6.61 Å². The van der Waals surface area contributed by atoms with E-state index >= 15 is 0 Å². The van der Waals surface area contributed by atoms with Crippen molar-refractivity contribution in [1.29, 1.82) is 0 Å². The zero-order valence-corrected chi connectivity index (χ0v) is 12.6. The van der Waals surface area contributed by atoms with E-state index in [9.17, 15) is 5.11 Å². The fourth-order valence-electron chi connectivity index (χ4n) is 2.77. The molecule has 0 bridgehead atoms. The molecule has 0 radical (unpaired) electrons. The molecule has 0 spiro atoms. The molecular formula is C18H22O2. The number of hydrogen-bond donors (Lipinski definition) is 1. The maximum Gasteiger partial charge on any atom is 0.125 e. The van der Waals surface area contributed by atoms with Crippen molar-refractivity contribution in [1.82, 2.24) is 0 Å². The van der Waals surface area contributed by atoms with Crippen LogP contribution in [0.5, 0.6) is 5.75 Å². The van der Waals surface area contributed by atoms with Crippen LogP contribution in [0.1, 0.15) is 40.8 Å². The van der Waals surface area contributed by atoms with Gasteiger partial charge >= 0.3 is 0 Å². The second kappa shape index (κ2) is 6.10. The van der Waals surface area contributed by atoms with Crippen LogP contribution in [0, 0.1) is 20.8 Å². The highest BCUT2D eigenvalue weighted by atomic mass is 16.5. The van der Waals surface area contributed by atoms with Gasteiger partial charge < -0.3 is 9.84 Å². The van der Waals surface area contributed by atoms with Crippen molar-refractivity contribution in [3.8, 4) is 5.75 Å². The van der Waals surface area contributed by atoms with Crippen LogP contribution < -0.4 is 4.74 Å². The molecular weight excluding hydrogens is 248 g/mol. The van der Waals surface area contributed by atoms with Crippen LogP contribution in [0.25, 0.3) is 0 Å². The highest BCUT2D eigenvalue weighted by Crippen LogP contribution is 2.33. The number of rotatable bonds is 4. The highest BCUT2D eigenvalue weighted by molar-refractivity contribution is 5.46. The zero-order valence-electron chi connectivity index (χ0n) is 12.6. The molecule has 1 atom stereocenters. The lowest BCUT2D eigenvalue weighted by molar-refractivity contribution is 0.210. The lowest BCUT2D eigenvalue weighted by Gasteiger charge is -2.20. The van der Waals surface area contributed by atoms with Gasteiger partial charge in [0.05, 0.1) is 6.61 Å². The molecule has 0 saturated heterocycles. The number of ether oxygens (including phenoxy) is 1. The van der Waals surface area contributed by atoms with E-state index in [2.05, 4.69) is 19.1 Å². The molecule has 2 aromatic rings. The largest absolute Gasteiger partial charge is 0.493 e. The highest BCUT2D eigenvalue weighted by Gasteiger charge is 2.19. The minimum atomic E-state index is -0.654. The molecule has 1 N–H and O–H groups in total. The molecule has 0 aliphatic heterocycles. The van der Waals surface area contributed by atoms with Crippen LogP contribution >= 0.6 is 0 Å². The summed E-state index contributed by atoms with van der Waals surface area (Å²) in [5.74, 6) is 0.752. The first kappa shape index (κ1) is 14.6. The first-order valence-corrected chi connectivity index (χ1v) is 7.02. The van der Waals surface area contributed by atoms with Gasteiger partial charge in [0, 0.05) is 5.56 Å². The van der Waals surface area contributed by atoms with Crippen molar-refractivity contribution in [3.63, 3.8) is 0 Å². The molecule has 0 heterocycles. The van der Waals surface area contributed by atoms with E-state index < -0.39 is 6.10 Å². The third-order valence-electron chi connectivity index (χ3n) is 3.52. The predicted molar refractivity (Wildman–Crippen MR) is 82.3 cm³/mol. The quantitative estimate of drug-likeness (QED) is 0.906. The van der Waals surface area contributed by atoms with Crippen molar-refractivity contribution in [3.05, 3.63) is 64.2 Å². The molecule has 20 heavy (non-hydrogen) atoms. The third-order valence-corrected chi connectivity index (χ3v) is 3.52. The van der Waals surface area contributed by atoms with Gasteiger partial charge in [0.2, 0.25) is 0 Å². The van der Waals surface area contributed by atoms with Gasteiger partial charge in [0.15, 0.2) is 0 Å². The van der Waals surface area contributed by atoms with E-state index in [0.717, 1.165) is 28.0 Å². The van der Waals surface area contributed by atoms with Gasteiger partial charge in [0.1, 0.15) is 11.9 Å². The van der Waals surface area contributed by atoms with E-state index in [4.69, 9.17) is 4.74 Å². The molecule has 0 aliphatic carbocycles. The van der Waals surface area contributed by atoms with Gasteiger partial charge in [-0.3, -0.25) is 0 Å². The summed E-state index contributed by atoms with van der Waals surface area (Å²) in [5, 5.41) is 10.8. The first-order chi connectivity index (χ1) is 9.54. The second-order valence-corrected chi connectivity index (χ2v) is 5.19. The van der Waals surface area contributed by atoms with E-state index in [-0.39, 0.29) is 0 Å². The Morgan fingerprint density at radius 3 is 2.25 bits per heavy atom. The normalized spacial score (nSPS) is 12.2. The fourth-order valence-corrected chi connectivity index (χ4v) is 2.77. The third kappa shape index (κ3) is 2.86. The number of aliphatic hydroxyl groups excluding tert-OH is 1. The van der Waals surface area contributed by atoms with Gasteiger partial charge in [0.25, 0.3) is 0 Å². The van der Waals surface area contributed by atoms with Crippen LogP contribution in [0.2, 0.25) is 0 Å². The minimum Gasteiger partial charge on any atom is -0.493 e. The molecule has 106 valence electrons. The van der Waals surface area contributed by atoms with Crippen molar-refractivity contribution in [2.24, 2.45) is 0 Å². The molecule has 0 aliphatic rings. The number of para-hydroxylation sites is 1. The Morgan fingerprint density at radius 2 is 1.65 bits per heavy atom. The molecule has 0 aromatic heterocycles. The molecule has 2 rings (SSSR count). The monoisotopic (exact) mass is 270 g/mol. The van der Waals surface area contributed by atoms with Crippen LogP contribution in [0.15, 0.2) is 36.4 Å². The van der Waals surface area contributed by atoms with Crippen molar-refractivity contribution in [2.75, 3.05) is 6.61 Å². The van der Waals surface area contributed by atoms with Gasteiger partial charge in [-0.15, -0.1) is 0 Å². The summed E-state index contributed by atoms with van der Waals surface area (Å²) in [6.07, 6.45) is -0.654. The van der Waals surface area contributed by atoms with Crippen LogP contribution in [-0.4, -0.2) is 11.7 Å². The van der Waals surface area contributed by atoms with Crippen molar-refractivity contribution >= 4 is 0 Å². The predicted octanol–water partition coefficient (Wildman–Crippen LogP) is 4.09. The summed E-state index contributed by atoms with van der Waals surface area (Å²) in [4.78, 5) is 0. The number of aryl methyl sites for hydroxylation is 3. The van der Waals surface area contributed by atoms with E-state index in [1.807, 2.05) is 45.0 Å². The molecule has 2 nitrogen and oxygen atoms in total. The Kier molecular flexibility index (Phi) is 4.46. The molecule has 0 amide bonds. The second-order valence-electron chi connectivity index (χ2n) is 5.19.